The molecule has 0 fully saturated rings. The molecular weight excluding hydrogens is 362 g/mol. The highest BCUT2D eigenvalue weighted by atomic mass is 16.2. The molecule has 148 valence electrons. The Kier molecular flexibility index (Phi) is 6.29. The number of rotatable bonds is 6. The summed E-state index contributed by atoms with van der Waals surface area (Å²) in [5.74, 6) is -0.409. The third-order valence-corrected chi connectivity index (χ3v) is 4.66. The summed E-state index contributed by atoms with van der Waals surface area (Å²) >= 11 is 0. The summed E-state index contributed by atoms with van der Waals surface area (Å²) in [7, 11) is 3.77. The minimum absolute atomic E-state index is 0.138. The highest BCUT2D eigenvalue weighted by molar-refractivity contribution is 6.06. The third kappa shape index (κ3) is 5.02. The van der Waals surface area contributed by atoms with Gasteiger partial charge in [-0.2, -0.15) is 0 Å². The zero-order valence-corrected chi connectivity index (χ0v) is 16.8. The summed E-state index contributed by atoms with van der Waals surface area (Å²) in [6.45, 7) is 1.95. The summed E-state index contributed by atoms with van der Waals surface area (Å²) in [6.07, 6.45) is 0. The van der Waals surface area contributed by atoms with Crippen LogP contribution >= 0.6 is 0 Å². The van der Waals surface area contributed by atoms with Gasteiger partial charge in [0.25, 0.3) is 11.8 Å². The van der Waals surface area contributed by atoms with Crippen LogP contribution in [0, 0.1) is 0 Å². The van der Waals surface area contributed by atoms with Crippen LogP contribution in [0.2, 0.25) is 0 Å². The summed E-state index contributed by atoms with van der Waals surface area (Å²) in [6, 6.07) is 24.0. The Hall–Kier alpha value is -3.60. The maximum Gasteiger partial charge on any atom is 0.255 e. The van der Waals surface area contributed by atoms with Gasteiger partial charge in [0.15, 0.2) is 0 Å². The van der Waals surface area contributed by atoms with Gasteiger partial charge in [0.2, 0.25) is 0 Å². The van der Waals surface area contributed by atoms with Crippen molar-refractivity contribution in [2.45, 2.75) is 13.0 Å². The average molecular weight is 387 g/mol. The van der Waals surface area contributed by atoms with E-state index in [0.29, 0.717) is 16.8 Å². The van der Waals surface area contributed by atoms with E-state index in [1.165, 1.54) is 0 Å². The molecule has 0 unspecified atom stereocenters. The van der Waals surface area contributed by atoms with Crippen molar-refractivity contribution in [3.8, 4) is 0 Å². The molecule has 0 aliphatic carbocycles. The van der Waals surface area contributed by atoms with E-state index in [-0.39, 0.29) is 17.9 Å². The molecule has 0 bridgehead atoms. The van der Waals surface area contributed by atoms with Gasteiger partial charge in [0.1, 0.15) is 0 Å². The minimum atomic E-state index is -0.216. The molecule has 29 heavy (non-hydrogen) atoms. The Labute approximate surface area is 171 Å². The van der Waals surface area contributed by atoms with Crippen molar-refractivity contribution >= 4 is 23.2 Å². The van der Waals surface area contributed by atoms with Crippen LogP contribution in [0.5, 0.6) is 0 Å². The predicted octanol–water partition coefficient (Wildman–Crippen LogP) is 4.50. The second-order valence-electron chi connectivity index (χ2n) is 7.05. The van der Waals surface area contributed by atoms with Gasteiger partial charge >= 0.3 is 0 Å². The van der Waals surface area contributed by atoms with E-state index >= 15 is 0 Å². The van der Waals surface area contributed by atoms with E-state index in [9.17, 15) is 9.59 Å². The molecule has 2 N–H and O–H groups in total. The molecule has 0 aromatic heterocycles. The van der Waals surface area contributed by atoms with Crippen LogP contribution in [0.15, 0.2) is 78.9 Å². The lowest BCUT2D eigenvalue weighted by molar-refractivity contribution is 0.0939. The molecule has 0 aliphatic rings. The lowest BCUT2D eigenvalue weighted by Gasteiger charge is -2.20. The van der Waals surface area contributed by atoms with Crippen molar-refractivity contribution in [3.05, 3.63) is 95.6 Å². The zero-order valence-electron chi connectivity index (χ0n) is 16.8. The smallest absolute Gasteiger partial charge is 0.255 e. The van der Waals surface area contributed by atoms with Crippen molar-refractivity contribution < 1.29 is 9.59 Å². The molecule has 1 atom stereocenters. The number of hydrogen-bond donors (Lipinski definition) is 2. The second kappa shape index (κ2) is 9.06. The van der Waals surface area contributed by atoms with Gasteiger partial charge in [-0.05, 0) is 42.8 Å². The first kappa shape index (κ1) is 20.1. The standard InChI is InChI=1S/C24H25N3O2/c1-17(18-10-6-4-7-11-18)25-24(29)21-16-20(14-15-22(21)27(2)3)26-23(28)19-12-8-5-9-13-19/h4-17H,1-3H3,(H,25,29)(H,26,28)/t17-/m1/s1. The van der Waals surface area contributed by atoms with Gasteiger partial charge in [0, 0.05) is 31.0 Å². The largest absolute Gasteiger partial charge is 0.377 e. The minimum Gasteiger partial charge on any atom is -0.377 e. The van der Waals surface area contributed by atoms with Crippen molar-refractivity contribution in [1.29, 1.82) is 0 Å². The fraction of sp³-hybridized carbons (Fsp3) is 0.167. The first-order chi connectivity index (χ1) is 14.0. The summed E-state index contributed by atoms with van der Waals surface area (Å²) in [4.78, 5) is 27.3. The molecule has 3 aromatic carbocycles. The van der Waals surface area contributed by atoms with Crippen LogP contribution in [0.4, 0.5) is 11.4 Å². The maximum atomic E-state index is 13.0. The molecule has 0 heterocycles. The molecule has 0 saturated heterocycles. The van der Waals surface area contributed by atoms with E-state index < -0.39 is 0 Å². The quantitative estimate of drug-likeness (QED) is 0.655. The van der Waals surface area contributed by atoms with Crippen LogP contribution in [0.3, 0.4) is 0 Å². The van der Waals surface area contributed by atoms with E-state index in [2.05, 4.69) is 10.6 Å². The molecule has 0 aliphatic heterocycles. The summed E-state index contributed by atoms with van der Waals surface area (Å²) in [5.41, 5.74) is 3.44. The Morgan fingerprint density at radius 2 is 1.45 bits per heavy atom. The number of nitrogens with one attached hydrogen (secondary N) is 2. The molecule has 0 radical (unpaired) electrons. The predicted molar refractivity (Wildman–Crippen MR) is 117 cm³/mol. The molecule has 3 aromatic rings. The van der Waals surface area contributed by atoms with Crippen LogP contribution in [-0.4, -0.2) is 25.9 Å². The van der Waals surface area contributed by atoms with Crippen molar-refractivity contribution in [2.75, 3.05) is 24.3 Å². The maximum absolute atomic E-state index is 13.0. The van der Waals surface area contributed by atoms with E-state index in [0.717, 1.165) is 11.3 Å². The van der Waals surface area contributed by atoms with E-state index in [1.54, 1.807) is 24.3 Å². The molecule has 0 spiro atoms. The molecule has 5 nitrogen and oxygen atoms in total. The lowest BCUT2D eigenvalue weighted by Crippen LogP contribution is -2.28. The normalized spacial score (nSPS) is 11.4. The number of carbonyl (C=O) groups excluding carboxylic acids is 2. The van der Waals surface area contributed by atoms with Gasteiger partial charge in [-0.15, -0.1) is 0 Å². The van der Waals surface area contributed by atoms with Gasteiger partial charge in [0.05, 0.1) is 11.6 Å². The third-order valence-electron chi connectivity index (χ3n) is 4.66. The van der Waals surface area contributed by atoms with Gasteiger partial charge in [-0.25, -0.2) is 0 Å². The van der Waals surface area contributed by atoms with E-state index in [1.807, 2.05) is 80.5 Å². The highest BCUT2D eigenvalue weighted by Gasteiger charge is 2.17. The van der Waals surface area contributed by atoms with Gasteiger partial charge in [-0.3, -0.25) is 9.59 Å². The number of anilines is 2. The highest BCUT2D eigenvalue weighted by Crippen LogP contribution is 2.24. The van der Waals surface area contributed by atoms with Crippen molar-refractivity contribution in [2.24, 2.45) is 0 Å². The summed E-state index contributed by atoms with van der Waals surface area (Å²) < 4.78 is 0. The first-order valence-corrected chi connectivity index (χ1v) is 9.49. The molecule has 5 heteroatoms. The summed E-state index contributed by atoms with van der Waals surface area (Å²) in [5, 5.41) is 5.91. The Bertz CT molecular complexity index is 986. The van der Waals surface area contributed by atoms with Crippen LogP contribution in [0.25, 0.3) is 0 Å². The molecule has 2 amide bonds. The Morgan fingerprint density at radius 1 is 0.828 bits per heavy atom. The monoisotopic (exact) mass is 387 g/mol. The van der Waals surface area contributed by atoms with E-state index in [4.69, 9.17) is 0 Å². The number of hydrogen-bond acceptors (Lipinski definition) is 3. The number of amides is 2. The number of nitrogens with zero attached hydrogens (tertiary/aromatic N) is 1. The molecule has 0 saturated carbocycles. The second-order valence-corrected chi connectivity index (χ2v) is 7.05. The first-order valence-electron chi connectivity index (χ1n) is 9.49. The van der Waals surface area contributed by atoms with Crippen LogP contribution in [-0.2, 0) is 0 Å². The van der Waals surface area contributed by atoms with Gasteiger partial charge in [-0.1, -0.05) is 48.5 Å². The van der Waals surface area contributed by atoms with Crippen molar-refractivity contribution in [3.63, 3.8) is 0 Å². The molecule has 3 rings (SSSR count). The SMILES string of the molecule is C[C@@H](NC(=O)c1cc(NC(=O)c2ccccc2)ccc1N(C)C)c1ccccc1. The Balaban J connectivity index is 1.83. The average Bonchev–Trinajstić information content (AvgIpc) is 2.74. The van der Waals surface area contributed by atoms with Crippen LogP contribution < -0.4 is 15.5 Å². The Morgan fingerprint density at radius 3 is 2.07 bits per heavy atom. The topological polar surface area (TPSA) is 61.4 Å². The lowest BCUT2D eigenvalue weighted by atomic mass is 10.1. The van der Waals surface area contributed by atoms with Crippen molar-refractivity contribution in [1.82, 2.24) is 5.32 Å². The number of carbonyl (C=O) groups is 2. The van der Waals surface area contributed by atoms with Crippen LogP contribution in [0.1, 0.15) is 39.2 Å². The number of benzene rings is 3. The van der Waals surface area contributed by atoms with Gasteiger partial charge < -0.3 is 15.5 Å². The zero-order chi connectivity index (χ0) is 20.8. The fourth-order valence-electron chi connectivity index (χ4n) is 3.08. The molecular formula is C24H25N3O2. The fourth-order valence-corrected chi connectivity index (χ4v) is 3.08.